The Labute approximate surface area is 270 Å². The van der Waals surface area contributed by atoms with Crippen molar-refractivity contribution in [1.29, 1.82) is 0 Å². The van der Waals surface area contributed by atoms with Crippen molar-refractivity contribution >= 4 is 28.9 Å². The lowest BCUT2D eigenvalue weighted by Gasteiger charge is -2.38. The van der Waals surface area contributed by atoms with Gasteiger partial charge in [-0.05, 0) is 70.4 Å². The summed E-state index contributed by atoms with van der Waals surface area (Å²) in [5.74, 6) is 0.454. The van der Waals surface area contributed by atoms with Crippen LogP contribution in [0.1, 0.15) is 63.8 Å². The second-order valence-electron chi connectivity index (χ2n) is 12.8. The SMILES string of the molecule is COc1ccc(CN2C(=O)O[C@@H](C(F)(F)F)c3c(-c4nn([C@H]5CCN(C(=O)OC(C)(C)C)[C@@H](C)C5)c5ccccc45)ccnc32)cc1. The lowest BCUT2D eigenvalue weighted by atomic mass is 9.96. The third-order valence-corrected chi connectivity index (χ3v) is 8.41. The highest BCUT2D eigenvalue weighted by atomic mass is 19.4. The number of fused-ring (bicyclic) bond motifs is 2. The van der Waals surface area contributed by atoms with E-state index in [4.69, 9.17) is 19.3 Å². The van der Waals surface area contributed by atoms with Gasteiger partial charge in [0.05, 0.1) is 30.8 Å². The number of alkyl halides is 3. The van der Waals surface area contributed by atoms with Crippen LogP contribution in [0.25, 0.3) is 22.2 Å². The Balaban J connectivity index is 1.41. The second-order valence-corrected chi connectivity index (χ2v) is 12.8. The first-order valence-corrected chi connectivity index (χ1v) is 15.4. The predicted octanol–water partition coefficient (Wildman–Crippen LogP) is 7.83. The first kappa shape index (κ1) is 32.1. The Morgan fingerprint density at radius 3 is 2.45 bits per heavy atom. The van der Waals surface area contributed by atoms with Gasteiger partial charge in [0, 0.05) is 29.7 Å². The molecule has 0 radical (unpaired) electrons. The topological polar surface area (TPSA) is 99.0 Å². The van der Waals surface area contributed by atoms with Crippen LogP contribution in [0, 0.1) is 0 Å². The van der Waals surface area contributed by atoms with E-state index in [-0.39, 0.29) is 41.7 Å². The number of halogens is 3. The summed E-state index contributed by atoms with van der Waals surface area (Å²) in [7, 11) is 1.52. The number of amides is 2. The normalized spacial score (nSPS) is 20.2. The van der Waals surface area contributed by atoms with Crippen molar-refractivity contribution in [2.75, 3.05) is 18.6 Å². The summed E-state index contributed by atoms with van der Waals surface area (Å²) in [6.07, 6.45) is -6.46. The van der Waals surface area contributed by atoms with Crippen molar-refractivity contribution in [2.45, 2.75) is 77.0 Å². The van der Waals surface area contributed by atoms with Crippen LogP contribution in [0.3, 0.4) is 0 Å². The number of benzene rings is 2. The average molecular weight is 652 g/mol. The molecule has 0 N–H and O–H groups in total. The summed E-state index contributed by atoms with van der Waals surface area (Å²) in [5.41, 5.74) is 0.959. The highest BCUT2D eigenvalue weighted by molar-refractivity contribution is 5.97. The molecule has 0 spiro atoms. The van der Waals surface area contributed by atoms with Gasteiger partial charge < -0.3 is 19.1 Å². The number of ether oxygens (including phenoxy) is 3. The zero-order chi connectivity index (χ0) is 33.7. The molecule has 3 atom stereocenters. The number of carbonyl (C=O) groups excluding carboxylic acids is 2. The molecule has 6 rings (SSSR count). The van der Waals surface area contributed by atoms with E-state index in [9.17, 15) is 22.8 Å². The molecule has 10 nitrogen and oxygen atoms in total. The minimum Gasteiger partial charge on any atom is -0.497 e. The number of cyclic esters (lactones) is 1. The number of hydrogen-bond donors (Lipinski definition) is 0. The molecule has 2 aromatic heterocycles. The molecule has 0 unspecified atom stereocenters. The lowest BCUT2D eigenvalue weighted by Crippen LogP contribution is -2.47. The van der Waals surface area contributed by atoms with Gasteiger partial charge in [0.15, 0.2) is 0 Å². The van der Waals surface area contributed by atoms with Crippen LogP contribution in [0.15, 0.2) is 60.8 Å². The third-order valence-electron chi connectivity index (χ3n) is 8.41. The monoisotopic (exact) mass is 651 g/mol. The fourth-order valence-corrected chi connectivity index (χ4v) is 6.26. The highest BCUT2D eigenvalue weighted by Gasteiger charge is 2.51. The Morgan fingerprint density at radius 2 is 1.79 bits per heavy atom. The number of nitrogens with zero attached hydrogens (tertiary/aromatic N) is 5. The third kappa shape index (κ3) is 6.30. The molecule has 0 bridgehead atoms. The molecule has 4 aromatic rings. The molecule has 1 saturated heterocycles. The van der Waals surface area contributed by atoms with Gasteiger partial charge in [-0.2, -0.15) is 18.3 Å². The van der Waals surface area contributed by atoms with Crippen molar-refractivity contribution in [3.63, 3.8) is 0 Å². The molecule has 0 aliphatic carbocycles. The summed E-state index contributed by atoms with van der Waals surface area (Å²) >= 11 is 0. The van der Waals surface area contributed by atoms with Crippen molar-refractivity contribution in [3.8, 4) is 17.0 Å². The van der Waals surface area contributed by atoms with Gasteiger partial charge in [-0.3, -0.25) is 9.58 Å². The fourth-order valence-electron chi connectivity index (χ4n) is 6.26. The maximum Gasteiger partial charge on any atom is 0.430 e. The van der Waals surface area contributed by atoms with Gasteiger partial charge >= 0.3 is 18.4 Å². The van der Waals surface area contributed by atoms with Gasteiger partial charge in [0.1, 0.15) is 22.9 Å². The van der Waals surface area contributed by atoms with E-state index in [0.717, 1.165) is 10.4 Å². The van der Waals surface area contributed by atoms with Crippen LogP contribution >= 0.6 is 0 Å². The largest absolute Gasteiger partial charge is 0.497 e. The molecule has 0 saturated carbocycles. The van der Waals surface area contributed by atoms with E-state index in [2.05, 4.69) is 4.98 Å². The number of hydrogen-bond acceptors (Lipinski definition) is 7. The number of carbonyl (C=O) groups is 2. The smallest absolute Gasteiger partial charge is 0.430 e. The molecular weight excluding hydrogens is 615 g/mol. The maximum absolute atomic E-state index is 14.6. The van der Waals surface area contributed by atoms with Crippen LogP contribution in [-0.4, -0.2) is 63.3 Å². The first-order valence-electron chi connectivity index (χ1n) is 15.4. The summed E-state index contributed by atoms with van der Waals surface area (Å²) in [6, 6.07) is 15.4. The quantitative estimate of drug-likeness (QED) is 0.217. The van der Waals surface area contributed by atoms with Crippen LogP contribution in [0.4, 0.5) is 28.6 Å². The number of anilines is 1. The van der Waals surface area contributed by atoms with E-state index in [0.29, 0.717) is 41.8 Å². The van der Waals surface area contributed by atoms with Gasteiger partial charge in [0.25, 0.3) is 0 Å². The Bertz CT molecular complexity index is 1800. The zero-order valence-electron chi connectivity index (χ0n) is 26.7. The van der Waals surface area contributed by atoms with E-state index in [1.165, 1.54) is 19.4 Å². The summed E-state index contributed by atoms with van der Waals surface area (Å²) < 4.78 is 61.5. The second kappa shape index (κ2) is 12.1. The summed E-state index contributed by atoms with van der Waals surface area (Å²) in [5, 5.41) is 5.57. The molecule has 2 aromatic carbocycles. The predicted molar refractivity (Wildman–Crippen MR) is 168 cm³/mol. The van der Waals surface area contributed by atoms with Gasteiger partial charge in [-0.25, -0.2) is 14.6 Å². The van der Waals surface area contributed by atoms with Crippen LogP contribution in [0.5, 0.6) is 5.75 Å². The molecule has 248 valence electrons. The van der Waals surface area contributed by atoms with Crippen LogP contribution in [0.2, 0.25) is 0 Å². The van der Waals surface area contributed by atoms with Crippen molar-refractivity contribution < 1.29 is 37.0 Å². The van der Waals surface area contributed by atoms with E-state index in [1.807, 2.05) is 50.6 Å². The molecule has 2 aliphatic heterocycles. The van der Waals surface area contributed by atoms with Gasteiger partial charge in [-0.15, -0.1) is 0 Å². The van der Waals surface area contributed by atoms with E-state index in [1.54, 1.807) is 35.2 Å². The number of piperidine rings is 1. The van der Waals surface area contributed by atoms with Gasteiger partial charge in [0.2, 0.25) is 6.10 Å². The molecule has 1 fully saturated rings. The van der Waals surface area contributed by atoms with Crippen LogP contribution < -0.4 is 9.64 Å². The minimum absolute atomic E-state index is 0.0693. The summed E-state index contributed by atoms with van der Waals surface area (Å²) in [6.45, 7) is 7.77. The molecule has 2 aliphatic rings. The van der Waals surface area contributed by atoms with Gasteiger partial charge in [-0.1, -0.05) is 30.3 Å². The fraction of sp³-hybridized carbons (Fsp3) is 0.412. The Kier molecular flexibility index (Phi) is 8.27. The standard InChI is InChI=1S/C34H36F3N5O5/c1-20-18-22(15-17-40(20)32(44)47-33(2,3)4)42-26-9-7-6-8-24(26)28(39-42)25-14-16-38-30-27(25)29(34(35,36)37)46-31(43)41(30)19-21-10-12-23(45-5)13-11-21/h6-14,16,20,22,29H,15,17-19H2,1-5H3/t20-,22-,29+/m0/s1. The first-order chi connectivity index (χ1) is 22.2. The number of likely N-dealkylation sites (tertiary alicyclic amines) is 1. The zero-order valence-corrected chi connectivity index (χ0v) is 26.7. The van der Waals surface area contributed by atoms with Crippen molar-refractivity contribution in [3.05, 3.63) is 71.9 Å². The Morgan fingerprint density at radius 1 is 1.06 bits per heavy atom. The number of methoxy groups -OCH3 is 1. The number of para-hydroxylation sites is 1. The minimum atomic E-state index is -4.91. The molecule has 4 heterocycles. The summed E-state index contributed by atoms with van der Waals surface area (Å²) in [4.78, 5) is 33.0. The highest BCUT2D eigenvalue weighted by Crippen LogP contribution is 2.48. The number of aromatic nitrogens is 3. The molecule has 13 heteroatoms. The maximum atomic E-state index is 14.6. The van der Waals surface area contributed by atoms with Crippen molar-refractivity contribution in [2.24, 2.45) is 0 Å². The molecular formula is C34H36F3N5O5. The number of rotatable bonds is 5. The number of pyridine rings is 1. The molecule has 47 heavy (non-hydrogen) atoms. The van der Waals surface area contributed by atoms with E-state index < -0.39 is 24.0 Å². The lowest BCUT2D eigenvalue weighted by molar-refractivity contribution is -0.207. The van der Waals surface area contributed by atoms with Crippen LogP contribution in [-0.2, 0) is 16.0 Å². The average Bonchev–Trinajstić information content (AvgIpc) is 3.40. The Hall–Kier alpha value is -4.81. The van der Waals surface area contributed by atoms with E-state index >= 15 is 0 Å². The molecule has 2 amide bonds. The van der Waals surface area contributed by atoms with Crippen molar-refractivity contribution in [1.82, 2.24) is 19.7 Å².